The van der Waals surface area contributed by atoms with E-state index in [-0.39, 0.29) is 11.9 Å². The second kappa shape index (κ2) is 5.31. The quantitative estimate of drug-likeness (QED) is 0.784. The van der Waals surface area contributed by atoms with Gasteiger partial charge in [-0.05, 0) is 29.8 Å². The number of benzene rings is 1. The van der Waals surface area contributed by atoms with E-state index < -0.39 is 0 Å². The minimum atomic E-state index is -0.0684. The molecule has 1 atom stereocenters. The van der Waals surface area contributed by atoms with E-state index in [1.807, 2.05) is 30.5 Å². The van der Waals surface area contributed by atoms with Crippen LogP contribution in [0.2, 0.25) is 0 Å². The Morgan fingerprint density at radius 2 is 2.18 bits per heavy atom. The predicted molar refractivity (Wildman–Crippen MR) is 82.0 cm³/mol. The first-order valence-corrected chi connectivity index (χ1v) is 7.25. The van der Waals surface area contributed by atoms with Crippen LogP contribution in [0.4, 0.5) is 5.82 Å². The van der Waals surface area contributed by atoms with E-state index in [9.17, 15) is 5.11 Å². The maximum Gasteiger partial charge on any atom is 0.153 e. The molecule has 6 heteroatoms. The summed E-state index contributed by atoms with van der Waals surface area (Å²) >= 11 is 0. The number of imidazole rings is 1. The molecular formula is C16H16N4O2. The lowest BCUT2D eigenvalue weighted by Gasteiger charge is -2.33. The van der Waals surface area contributed by atoms with Gasteiger partial charge >= 0.3 is 0 Å². The Kier molecular flexibility index (Phi) is 3.16. The van der Waals surface area contributed by atoms with Crippen molar-refractivity contribution in [1.82, 2.24) is 14.6 Å². The van der Waals surface area contributed by atoms with E-state index >= 15 is 0 Å². The molecule has 0 spiro atoms. The van der Waals surface area contributed by atoms with Crippen LogP contribution in [0.5, 0.6) is 5.75 Å². The molecule has 0 amide bonds. The van der Waals surface area contributed by atoms with Crippen LogP contribution in [0.3, 0.4) is 0 Å². The maximum absolute atomic E-state index is 9.63. The highest BCUT2D eigenvalue weighted by atomic mass is 16.5. The van der Waals surface area contributed by atoms with Crippen LogP contribution in [-0.4, -0.2) is 39.4 Å². The summed E-state index contributed by atoms with van der Waals surface area (Å²) in [7, 11) is 0. The molecule has 112 valence electrons. The number of hydrogen-bond donors (Lipinski definition) is 1. The van der Waals surface area contributed by atoms with Crippen molar-refractivity contribution in [2.75, 3.05) is 24.6 Å². The molecule has 1 N–H and O–H groups in total. The number of anilines is 1. The third-order valence-corrected chi connectivity index (χ3v) is 3.87. The van der Waals surface area contributed by atoms with Gasteiger partial charge in [0.2, 0.25) is 0 Å². The lowest BCUT2D eigenvalue weighted by atomic mass is 10.1. The number of phenolic OH excluding ortho intramolecular Hbond substituents is 1. The highest BCUT2D eigenvalue weighted by molar-refractivity contribution is 5.46. The zero-order valence-corrected chi connectivity index (χ0v) is 12.0. The molecule has 0 bridgehead atoms. The molecule has 1 aliphatic heterocycles. The molecular weight excluding hydrogens is 280 g/mol. The molecule has 3 aromatic rings. The smallest absolute Gasteiger partial charge is 0.153 e. The zero-order valence-electron chi connectivity index (χ0n) is 12.0. The number of fused-ring (bicyclic) bond motifs is 1. The van der Waals surface area contributed by atoms with Crippen molar-refractivity contribution in [2.45, 2.75) is 6.10 Å². The van der Waals surface area contributed by atoms with E-state index in [1.54, 1.807) is 22.8 Å². The van der Waals surface area contributed by atoms with Crippen LogP contribution in [0, 0.1) is 0 Å². The van der Waals surface area contributed by atoms with Gasteiger partial charge < -0.3 is 14.7 Å². The average molecular weight is 296 g/mol. The molecule has 0 radical (unpaired) electrons. The summed E-state index contributed by atoms with van der Waals surface area (Å²) in [6.45, 7) is 2.13. The first kappa shape index (κ1) is 13.1. The Morgan fingerprint density at radius 3 is 3.09 bits per heavy atom. The van der Waals surface area contributed by atoms with Gasteiger partial charge in [0.1, 0.15) is 17.7 Å². The molecule has 0 unspecified atom stereocenters. The fourth-order valence-corrected chi connectivity index (χ4v) is 2.76. The minimum Gasteiger partial charge on any atom is -0.508 e. The first-order chi connectivity index (χ1) is 10.8. The Balaban J connectivity index is 1.60. The van der Waals surface area contributed by atoms with Crippen molar-refractivity contribution in [3.8, 4) is 5.75 Å². The number of rotatable bonds is 2. The highest BCUT2D eigenvalue weighted by Crippen LogP contribution is 2.27. The van der Waals surface area contributed by atoms with Gasteiger partial charge in [-0.15, -0.1) is 5.10 Å². The number of hydrogen-bond acceptors (Lipinski definition) is 5. The van der Waals surface area contributed by atoms with Crippen LogP contribution in [0.1, 0.15) is 11.7 Å². The SMILES string of the molecule is Oc1cccc([C@H]2CN(c3ccc4nccn4n3)CCO2)c1. The van der Waals surface area contributed by atoms with E-state index in [4.69, 9.17) is 4.74 Å². The van der Waals surface area contributed by atoms with Gasteiger partial charge in [-0.3, -0.25) is 0 Å². The van der Waals surface area contributed by atoms with Crippen molar-refractivity contribution in [1.29, 1.82) is 0 Å². The summed E-state index contributed by atoms with van der Waals surface area (Å²) in [4.78, 5) is 6.40. The van der Waals surface area contributed by atoms with E-state index in [2.05, 4.69) is 15.0 Å². The van der Waals surface area contributed by atoms with Crippen molar-refractivity contribution in [2.24, 2.45) is 0 Å². The van der Waals surface area contributed by atoms with E-state index in [0.717, 1.165) is 23.6 Å². The minimum absolute atomic E-state index is 0.0684. The predicted octanol–water partition coefficient (Wildman–Crippen LogP) is 2.01. The van der Waals surface area contributed by atoms with Gasteiger partial charge in [0.05, 0.1) is 6.61 Å². The zero-order chi connectivity index (χ0) is 14.9. The van der Waals surface area contributed by atoms with E-state index in [0.29, 0.717) is 13.2 Å². The number of morpholine rings is 1. The molecule has 1 fully saturated rings. The third kappa shape index (κ3) is 2.37. The molecule has 1 saturated heterocycles. The van der Waals surface area contributed by atoms with Gasteiger partial charge in [0, 0.05) is 25.5 Å². The number of aromatic nitrogens is 3. The summed E-state index contributed by atoms with van der Waals surface area (Å²) < 4.78 is 7.62. The number of phenols is 1. The molecule has 3 heterocycles. The monoisotopic (exact) mass is 296 g/mol. The summed E-state index contributed by atoms with van der Waals surface area (Å²) in [5.41, 5.74) is 1.81. The van der Waals surface area contributed by atoms with Crippen molar-refractivity contribution < 1.29 is 9.84 Å². The van der Waals surface area contributed by atoms with Crippen LogP contribution in [0.25, 0.3) is 5.65 Å². The van der Waals surface area contributed by atoms with Crippen molar-refractivity contribution >= 4 is 11.5 Å². The van der Waals surface area contributed by atoms with Gasteiger partial charge in [-0.1, -0.05) is 12.1 Å². The molecule has 1 aromatic carbocycles. The normalized spacial score (nSPS) is 18.7. The Morgan fingerprint density at radius 1 is 1.23 bits per heavy atom. The van der Waals surface area contributed by atoms with Crippen LogP contribution < -0.4 is 4.90 Å². The van der Waals surface area contributed by atoms with Crippen LogP contribution in [0.15, 0.2) is 48.8 Å². The van der Waals surface area contributed by atoms with E-state index in [1.165, 1.54) is 0 Å². The molecule has 22 heavy (non-hydrogen) atoms. The molecule has 4 rings (SSSR count). The molecule has 0 aliphatic carbocycles. The number of aromatic hydroxyl groups is 1. The summed E-state index contributed by atoms with van der Waals surface area (Å²) in [5.74, 6) is 1.16. The van der Waals surface area contributed by atoms with Gasteiger partial charge in [0.15, 0.2) is 5.65 Å². The Hall–Kier alpha value is -2.60. The largest absolute Gasteiger partial charge is 0.508 e. The Bertz CT molecular complexity index is 801. The van der Waals surface area contributed by atoms with Gasteiger partial charge in [-0.25, -0.2) is 9.50 Å². The molecule has 2 aromatic heterocycles. The lowest BCUT2D eigenvalue weighted by Crippen LogP contribution is -2.39. The molecule has 6 nitrogen and oxygen atoms in total. The Labute approximate surface area is 127 Å². The summed E-state index contributed by atoms with van der Waals surface area (Å²) in [5, 5.41) is 14.2. The fourth-order valence-electron chi connectivity index (χ4n) is 2.76. The van der Waals surface area contributed by atoms with Gasteiger partial charge in [-0.2, -0.15) is 0 Å². The van der Waals surface area contributed by atoms with Crippen molar-refractivity contribution in [3.05, 3.63) is 54.4 Å². The number of nitrogens with zero attached hydrogens (tertiary/aromatic N) is 4. The van der Waals surface area contributed by atoms with Crippen LogP contribution in [-0.2, 0) is 4.74 Å². The summed E-state index contributed by atoms with van der Waals surface area (Å²) in [6.07, 6.45) is 3.51. The fraction of sp³-hybridized carbons (Fsp3) is 0.250. The second-order valence-electron chi connectivity index (χ2n) is 5.32. The number of ether oxygens (including phenoxy) is 1. The second-order valence-corrected chi connectivity index (χ2v) is 5.32. The average Bonchev–Trinajstić information content (AvgIpc) is 3.02. The van der Waals surface area contributed by atoms with Gasteiger partial charge in [0.25, 0.3) is 0 Å². The third-order valence-electron chi connectivity index (χ3n) is 3.87. The van der Waals surface area contributed by atoms with Crippen LogP contribution >= 0.6 is 0 Å². The summed E-state index contributed by atoms with van der Waals surface area (Å²) in [6, 6.07) is 11.2. The van der Waals surface area contributed by atoms with Crippen molar-refractivity contribution in [3.63, 3.8) is 0 Å². The topological polar surface area (TPSA) is 62.9 Å². The standard InChI is InChI=1S/C16H16N4O2/c21-13-3-1-2-12(10-13)14-11-19(8-9-22-14)16-5-4-15-17-6-7-20(15)18-16/h1-7,10,14,21H,8-9,11H2/t14-/m1/s1. The highest BCUT2D eigenvalue weighted by Gasteiger charge is 2.23. The maximum atomic E-state index is 9.63. The molecule has 1 aliphatic rings. The lowest BCUT2D eigenvalue weighted by molar-refractivity contribution is 0.0393. The molecule has 0 saturated carbocycles. The first-order valence-electron chi connectivity index (χ1n) is 7.25.